The van der Waals surface area contributed by atoms with Gasteiger partial charge in [-0.3, -0.25) is 4.98 Å². The van der Waals surface area contributed by atoms with E-state index >= 15 is 0 Å². The molecule has 0 bridgehead atoms. The van der Waals surface area contributed by atoms with Crippen molar-refractivity contribution in [2.75, 3.05) is 0 Å². The number of rotatable bonds is 5. The van der Waals surface area contributed by atoms with Gasteiger partial charge in [0, 0.05) is 30.2 Å². The van der Waals surface area contributed by atoms with E-state index in [0.717, 1.165) is 39.0 Å². The summed E-state index contributed by atoms with van der Waals surface area (Å²) < 4.78 is 15.6. The highest BCUT2D eigenvalue weighted by Crippen LogP contribution is 2.26. The molecule has 0 amide bonds. The lowest BCUT2D eigenvalue weighted by molar-refractivity contribution is 0.636. The van der Waals surface area contributed by atoms with Crippen LogP contribution >= 0.6 is 11.6 Å². The molecule has 0 aliphatic rings. The van der Waals surface area contributed by atoms with Crippen molar-refractivity contribution in [3.63, 3.8) is 0 Å². The number of nitrogens with one attached hydrogen (secondary N) is 1. The van der Waals surface area contributed by atoms with E-state index in [1.54, 1.807) is 16.9 Å². The van der Waals surface area contributed by atoms with E-state index in [1.807, 2.05) is 19.1 Å². The molecular weight excluding hydrogens is 387 g/mol. The summed E-state index contributed by atoms with van der Waals surface area (Å²) in [6, 6.07) is 13.2. The second-order valence-corrected chi connectivity index (χ2v) is 7.67. The third kappa shape index (κ3) is 3.88. The number of aromatic nitrogens is 3. The molecule has 1 N–H and O–H groups in total. The lowest BCUT2D eigenvalue weighted by Crippen LogP contribution is -2.13. The van der Waals surface area contributed by atoms with Gasteiger partial charge < -0.3 is 5.32 Å². The van der Waals surface area contributed by atoms with Gasteiger partial charge in [0.05, 0.1) is 11.4 Å². The molecule has 0 unspecified atom stereocenters. The van der Waals surface area contributed by atoms with Gasteiger partial charge in [0.2, 0.25) is 0 Å². The number of para-hydroxylation sites is 1. The molecule has 0 radical (unpaired) electrons. The first-order chi connectivity index (χ1) is 13.9. The molecule has 29 heavy (non-hydrogen) atoms. The maximum Gasteiger partial charge on any atom is 0.149 e. The molecule has 2 aromatic carbocycles. The smallest absolute Gasteiger partial charge is 0.149 e. The fourth-order valence-electron chi connectivity index (χ4n) is 3.44. The molecule has 6 heteroatoms. The molecule has 2 heterocycles. The molecule has 2 aromatic heterocycles. The Morgan fingerprint density at radius 3 is 2.72 bits per heavy atom. The summed E-state index contributed by atoms with van der Waals surface area (Å²) in [4.78, 5) is 4.25. The molecule has 0 atom stereocenters. The lowest BCUT2D eigenvalue weighted by Gasteiger charge is -2.09. The van der Waals surface area contributed by atoms with Crippen LogP contribution in [0.15, 0.2) is 48.7 Å². The van der Waals surface area contributed by atoms with E-state index < -0.39 is 0 Å². The van der Waals surface area contributed by atoms with Gasteiger partial charge in [0.15, 0.2) is 0 Å². The van der Waals surface area contributed by atoms with E-state index in [4.69, 9.17) is 11.6 Å². The topological polar surface area (TPSA) is 42.7 Å². The normalized spacial score (nSPS) is 11.3. The maximum atomic E-state index is 13.8. The van der Waals surface area contributed by atoms with Crippen molar-refractivity contribution < 1.29 is 4.39 Å². The summed E-state index contributed by atoms with van der Waals surface area (Å²) in [5.74, 6) is -0.303. The third-order valence-corrected chi connectivity index (χ3v) is 5.45. The van der Waals surface area contributed by atoms with Gasteiger partial charge in [-0.15, -0.1) is 0 Å². The second kappa shape index (κ2) is 7.93. The molecule has 4 nitrogen and oxygen atoms in total. The number of hydrogen-bond acceptors (Lipinski definition) is 3. The van der Waals surface area contributed by atoms with Crippen LogP contribution in [-0.2, 0) is 13.1 Å². The average Bonchev–Trinajstić information content (AvgIpc) is 2.98. The van der Waals surface area contributed by atoms with Gasteiger partial charge in [0.1, 0.15) is 16.5 Å². The van der Waals surface area contributed by atoms with Crippen molar-refractivity contribution in [2.45, 2.75) is 33.9 Å². The zero-order chi connectivity index (χ0) is 20.5. The van der Waals surface area contributed by atoms with Gasteiger partial charge in [0.25, 0.3) is 0 Å². The number of fused-ring (bicyclic) bond motifs is 1. The first kappa shape index (κ1) is 19.6. The Bertz CT molecular complexity index is 1200. The van der Waals surface area contributed by atoms with Crippen molar-refractivity contribution in [2.24, 2.45) is 0 Å². The van der Waals surface area contributed by atoms with Crippen LogP contribution in [0, 0.1) is 26.6 Å². The molecule has 4 rings (SSSR count). The monoisotopic (exact) mass is 408 g/mol. The number of pyridine rings is 1. The van der Waals surface area contributed by atoms with Gasteiger partial charge in [-0.05, 0) is 55.7 Å². The van der Waals surface area contributed by atoms with Crippen LogP contribution in [0.25, 0.3) is 16.6 Å². The number of nitrogens with zero attached hydrogens (tertiary/aromatic N) is 3. The summed E-state index contributed by atoms with van der Waals surface area (Å²) in [6.45, 7) is 7.25. The number of hydrogen-bond donors (Lipinski definition) is 1. The number of aryl methyl sites for hydroxylation is 3. The van der Waals surface area contributed by atoms with Gasteiger partial charge in [-0.25, -0.2) is 9.07 Å². The zero-order valence-electron chi connectivity index (χ0n) is 16.6. The molecule has 0 aliphatic heterocycles. The van der Waals surface area contributed by atoms with E-state index in [-0.39, 0.29) is 5.82 Å². The Balaban J connectivity index is 1.52. The molecule has 0 aliphatic carbocycles. The minimum absolute atomic E-state index is 0.303. The summed E-state index contributed by atoms with van der Waals surface area (Å²) >= 11 is 6.67. The van der Waals surface area contributed by atoms with Gasteiger partial charge in [-0.1, -0.05) is 35.9 Å². The maximum absolute atomic E-state index is 13.8. The molecule has 0 saturated carbocycles. The largest absolute Gasteiger partial charge is 0.308 e. The van der Waals surface area contributed by atoms with Crippen LogP contribution in [0.5, 0.6) is 0 Å². The Labute approximate surface area is 174 Å². The quantitative estimate of drug-likeness (QED) is 0.479. The molecule has 148 valence electrons. The highest BCUT2D eigenvalue weighted by atomic mass is 35.5. The average molecular weight is 409 g/mol. The van der Waals surface area contributed by atoms with Crippen LogP contribution in [0.4, 0.5) is 4.39 Å². The van der Waals surface area contributed by atoms with Crippen LogP contribution < -0.4 is 5.32 Å². The molecule has 0 spiro atoms. The summed E-state index contributed by atoms with van der Waals surface area (Å²) in [5.41, 5.74) is 6.51. The van der Waals surface area contributed by atoms with Crippen LogP contribution in [0.3, 0.4) is 0 Å². The lowest BCUT2D eigenvalue weighted by atomic mass is 10.1. The molecule has 0 fully saturated rings. The Kier molecular flexibility index (Phi) is 5.35. The predicted octanol–water partition coefficient (Wildman–Crippen LogP) is 5.43. The van der Waals surface area contributed by atoms with E-state index in [2.05, 4.69) is 47.4 Å². The van der Waals surface area contributed by atoms with Crippen LogP contribution in [0.2, 0.25) is 5.15 Å². The third-order valence-electron chi connectivity index (χ3n) is 5.06. The fraction of sp³-hybridized carbons (Fsp3) is 0.217. The first-order valence-electron chi connectivity index (χ1n) is 9.49. The second-order valence-electron chi connectivity index (χ2n) is 7.32. The summed E-state index contributed by atoms with van der Waals surface area (Å²) in [5, 5.41) is 9.45. The van der Waals surface area contributed by atoms with E-state index in [9.17, 15) is 4.39 Å². The Morgan fingerprint density at radius 1 is 1.07 bits per heavy atom. The van der Waals surface area contributed by atoms with Crippen molar-refractivity contribution >= 4 is 22.5 Å². The van der Waals surface area contributed by atoms with Crippen molar-refractivity contribution in [3.05, 3.63) is 87.6 Å². The molecular formula is C23H22ClFN4. The van der Waals surface area contributed by atoms with Crippen LogP contribution in [0.1, 0.15) is 27.9 Å². The van der Waals surface area contributed by atoms with Gasteiger partial charge in [-0.2, -0.15) is 5.10 Å². The summed E-state index contributed by atoms with van der Waals surface area (Å²) in [6.07, 6.45) is 1.70. The minimum Gasteiger partial charge on any atom is -0.308 e. The van der Waals surface area contributed by atoms with Crippen molar-refractivity contribution in [3.8, 4) is 5.69 Å². The standard InChI is InChI=1S/C23H22ClFN4/c1-14-7-8-15(2)21(9-14)29-23(24)19(16(3)28-29)13-26-11-17-10-18-5-4-6-20(25)22(18)27-12-17/h4-10,12,26H,11,13H2,1-3H3. The predicted molar refractivity (Wildman–Crippen MR) is 115 cm³/mol. The fourth-order valence-corrected chi connectivity index (χ4v) is 3.77. The van der Waals surface area contributed by atoms with E-state index in [1.165, 1.54) is 6.07 Å². The van der Waals surface area contributed by atoms with Crippen molar-refractivity contribution in [1.82, 2.24) is 20.1 Å². The van der Waals surface area contributed by atoms with Crippen LogP contribution in [-0.4, -0.2) is 14.8 Å². The zero-order valence-corrected chi connectivity index (χ0v) is 17.4. The Hall–Kier alpha value is -2.76. The molecule has 0 saturated heterocycles. The highest BCUT2D eigenvalue weighted by molar-refractivity contribution is 6.30. The molecule has 4 aromatic rings. The summed E-state index contributed by atoms with van der Waals surface area (Å²) in [7, 11) is 0. The van der Waals surface area contributed by atoms with Gasteiger partial charge >= 0.3 is 0 Å². The number of benzene rings is 2. The Morgan fingerprint density at radius 2 is 1.90 bits per heavy atom. The first-order valence-corrected chi connectivity index (χ1v) is 9.87. The number of halogens is 2. The SMILES string of the molecule is Cc1ccc(C)c(-n2nc(C)c(CNCc3cnc4c(F)cccc4c3)c2Cl)c1. The minimum atomic E-state index is -0.303. The van der Waals surface area contributed by atoms with Crippen molar-refractivity contribution in [1.29, 1.82) is 0 Å². The van der Waals surface area contributed by atoms with E-state index in [0.29, 0.717) is 23.8 Å². The highest BCUT2D eigenvalue weighted by Gasteiger charge is 2.16.